The average Bonchev–Trinajstić information content (AvgIpc) is 2.72. The zero-order valence-electron chi connectivity index (χ0n) is 15.9. The number of fused-ring (bicyclic) bond motifs is 1. The maximum absolute atomic E-state index is 12.3. The highest BCUT2D eigenvalue weighted by Gasteiger charge is 2.10. The molecule has 0 amide bonds. The van der Waals surface area contributed by atoms with E-state index in [0.717, 1.165) is 16.7 Å². The van der Waals surface area contributed by atoms with E-state index >= 15 is 0 Å². The molecule has 3 rings (SSSR count). The first-order valence-electron chi connectivity index (χ1n) is 9.14. The molecule has 3 aromatic rings. The van der Waals surface area contributed by atoms with Crippen LogP contribution in [0.5, 0.6) is 11.5 Å². The van der Waals surface area contributed by atoms with Gasteiger partial charge < -0.3 is 13.9 Å². The maximum atomic E-state index is 12.3. The second-order valence-corrected chi connectivity index (χ2v) is 6.24. The quantitative estimate of drug-likeness (QED) is 0.429. The Morgan fingerprint density at radius 1 is 1.14 bits per heavy atom. The number of carbonyl (C=O) groups excluding carboxylic acids is 1. The number of para-hydroxylation sites is 1. The largest absolute Gasteiger partial charge is 0.497 e. The molecule has 0 aliphatic heterocycles. The molecule has 0 saturated carbocycles. The van der Waals surface area contributed by atoms with Crippen molar-refractivity contribution in [1.29, 1.82) is 0 Å². The number of hydrogen-bond donors (Lipinski definition) is 0. The summed E-state index contributed by atoms with van der Waals surface area (Å²) in [7, 11) is 1.61. The lowest BCUT2D eigenvalue weighted by Crippen LogP contribution is -2.09. The van der Waals surface area contributed by atoms with E-state index in [-0.39, 0.29) is 12.2 Å². The van der Waals surface area contributed by atoms with Crippen LogP contribution in [0.4, 0.5) is 0 Å². The number of aryl methyl sites for hydroxylation is 1. The van der Waals surface area contributed by atoms with Crippen molar-refractivity contribution in [3.63, 3.8) is 0 Å². The Bertz CT molecular complexity index is 1040. The summed E-state index contributed by atoms with van der Waals surface area (Å²) in [5.74, 6) is 1.25. The van der Waals surface area contributed by atoms with Gasteiger partial charge >= 0.3 is 5.63 Å². The van der Waals surface area contributed by atoms with E-state index in [9.17, 15) is 9.59 Å². The van der Waals surface area contributed by atoms with Crippen LogP contribution in [0.2, 0.25) is 0 Å². The predicted octanol–water partition coefficient (Wildman–Crippen LogP) is 4.42. The third-order valence-corrected chi connectivity index (χ3v) is 4.31. The van der Waals surface area contributed by atoms with Crippen LogP contribution in [0.15, 0.2) is 63.8 Å². The van der Waals surface area contributed by atoms with E-state index in [1.54, 1.807) is 25.3 Å². The molecule has 28 heavy (non-hydrogen) atoms. The molecule has 0 saturated heterocycles. The fraction of sp³-hybridized carbons (Fsp3) is 0.217. The number of benzene rings is 2. The monoisotopic (exact) mass is 378 g/mol. The molecule has 0 aliphatic carbocycles. The Balaban J connectivity index is 1.68. The third-order valence-electron chi connectivity index (χ3n) is 4.31. The number of carbonyl (C=O) groups is 1. The predicted molar refractivity (Wildman–Crippen MR) is 109 cm³/mol. The van der Waals surface area contributed by atoms with Crippen LogP contribution in [0, 0.1) is 0 Å². The van der Waals surface area contributed by atoms with Crippen molar-refractivity contribution in [2.24, 2.45) is 0 Å². The Kier molecular flexibility index (Phi) is 6.27. The molecule has 5 nitrogen and oxygen atoms in total. The highest BCUT2D eigenvalue weighted by molar-refractivity contribution is 5.93. The van der Waals surface area contributed by atoms with Gasteiger partial charge in [-0.2, -0.15) is 0 Å². The smallest absolute Gasteiger partial charge is 0.339 e. The summed E-state index contributed by atoms with van der Waals surface area (Å²) in [5.41, 5.74) is 1.38. The summed E-state index contributed by atoms with van der Waals surface area (Å²) in [6.07, 6.45) is 3.83. The number of ether oxygens (including phenoxy) is 2. The van der Waals surface area contributed by atoms with Crippen LogP contribution < -0.4 is 15.1 Å². The van der Waals surface area contributed by atoms with Crippen LogP contribution in [0.3, 0.4) is 0 Å². The van der Waals surface area contributed by atoms with Crippen molar-refractivity contribution >= 4 is 22.8 Å². The first-order chi connectivity index (χ1) is 13.6. The lowest BCUT2D eigenvalue weighted by atomic mass is 10.1. The van der Waals surface area contributed by atoms with Crippen molar-refractivity contribution in [3.05, 3.63) is 76.2 Å². The average molecular weight is 378 g/mol. The fourth-order valence-corrected chi connectivity index (χ4v) is 2.85. The Labute approximate surface area is 163 Å². The Morgan fingerprint density at radius 2 is 1.93 bits per heavy atom. The summed E-state index contributed by atoms with van der Waals surface area (Å²) >= 11 is 0. The number of rotatable bonds is 8. The van der Waals surface area contributed by atoms with Crippen molar-refractivity contribution in [1.82, 2.24) is 0 Å². The molecule has 0 atom stereocenters. The highest BCUT2D eigenvalue weighted by atomic mass is 16.5. The summed E-state index contributed by atoms with van der Waals surface area (Å²) < 4.78 is 16.0. The summed E-state index contributed by atoms with van der Waals surface area (Å²) in [6.45, 7) is 2.36. The molecular weight excluding hydrogens is 356 g/mol. The molecule has 0 fully saturated rings. The van der Waals surface area contributed by atoms with Gasteiger partial charge in [0.05, 0.1) is 13.7 Å². The second-order valence-electron chi connectivity index (χ2n) is 6.24. The summed E-state index contributed by atoms with van der Waals surface area (Å²) in [4.78, 5) is 24.4. The molecule has 0 radical (unpaired) electrons. The van der Waals surface area contributed by atoms with Crippen LogP contribution in [-0.2, 0) is 11.2 Å². The topological polar surface area (TPSA) is 65.7 Å². The minimum atomic E-state index is -0.438. The van der Waals surface area contributed by atoms with Gasteiger partial charge in [-0.05, 0) is 49.2 Å². The first-order valence-corrected chi connectivity index (χ1v) is 9.14. The lowest BCUT2D eigenvalue weighted by molar-refractivity contribution is -0.114. The SMILES string of the molecule is CCOc1cccc2cc(CCC(=O)C=Cc3ccc(OC)cc3)c(=O)oc12. The van der Waals surface area contributed by atoms with Gasteiger partial charge in [-0.1, -0.05) is 30.3 Å². The van der Waals surface area contributed by atoms with Crippen molar-refractivity contribution in [2.75, 3.05) is 13.7 Å². The van der Waals surface area contributed by atoms with E-state index < -0.39 is 5.63 Å². The van der Waals surface area contributed by atoms with Gasteiger partial charge in [0.25, 0.3) is 0 Å². The molecule has 2 aromatic carbocycles. The fourth-order valence-electron chi connectivity index (χ4n) is 2.85. The number of hydrogen-bond acceptors (Lipinski definition) is 5. The molecule has 1 aromatic heterocycles. The van der Waals surface area contributed by atoms with Crippen LogP contribution >= 0.6 is 0 Å². The van der Waals surface area contributed by atoms with Crippen LogP contribution in [-0.4, -0.2) is 19.5 Å². The molecular formula is C23H22O5. The van der Waals surface area contributed by atoms with Crippen LogP contribution in [0.25, 0.3) is 17.0 Å². The van der Waals surface area contributed by atoms with E-state index in [2.05, 4.69) is 0 Å². The van der Waals surface area contributed by atoms with Gasteiger partial charge in [-0.25, -0.2) is 4.79 Å². The van der Waals surface area contributed by atoms with E-state index in [0.29, 0.717) is 29.9 Å². The number of ketones is 1. The molecule has 0 spiro atoms. The Morgan fingerprint density at radius 3 is 2.64 bits per heavy atom. The third kappa shape index (κ3) is 4.68. The van der Waals surface area contributed by atoms with Gasteiger partial charge in [0.2, 0.25) is 0 Å². The van der Waals surface area contributed by atoms with Crippen molar-refractivity contribution < 1.29 is 18.7 Å². The van der Waals surface area contributed by atoms with E-state index in [4.69, 9.17) is 13.9 Å². The van der Waals surface area contributed by atoms with Crippen LogP contribution in [0.1, 0.15) is 24.5 Å². The zero-order chi connectivity index (χ0) is 19.9. The zero-order valence-corrected chi connectivity index (χ0v) is 15.9. The normalized spacial score (nSPS) is 11.1. The molecule has 5 heteroatoms. The molecule has 0 bridgehead atoms. The molecule has 0 aliphatic rings. The lowest BCUT2D eigenvalue weighted by Gasteiger charge is -2.07. The van der Waals surface area contributed by atoms with Gasteiger partial charge in [0.1, 0.15) is 5.75 Å². The van der Waals surface area contributed by atoms with Gasteiger partial charge in [-0.15, -0.1) is 0 Å². The molecule has 1 heterocycles. The number of methoxy groups -OCH3 is 1. The maximum Gasteiger partial charge on any atom is 0.339 e. The highest BCUT2D eigenvalue weighted by Crippen LogP contribution is 2.25. The Hall–Kier alpha value is -3.34. The minimum absolute atomic E-state index is 0.0571. The standard InChI is InChI=1S/C23H22O5/c1-3-27-21-6-4-5-17-15-18(23(25)28-22(17)21)10-12-19(24)11-7-16-8-13-20(26-2)14-9-16/h4-9,11,13-15H,3,10,12H2,1-2H3. The van der Waals surface area contributed by atoms with Crippen molar-refractivity contribution in [2.45, 2.75) is 19.8 Å². The second kappa shape index (κ2) is 9.04. The van der Waals surface area contributed by atoms with Gasteiger partial charge in [0, 0.05) is 17.4 Å². The summed E-state index contributed by atoms with van der Waals surface area (Å²) in [5, 5.41) is 0.779. The minimum Gasteiger partial charge on any atom is -0.497 e. The molecule has 0 N–H and O–H groups in total. The molecule has 144 valence electrons. The molecule has 0 unspecified atom stereocenters. The number of allylic oxidation sites excluding steroid dienone is 1. The van der Waals surface area contributed by atoms with E-state index in [1.165, 1.54) is 6.08 Å². The van der Waals surface area contributed by atoms with E-state index in [1.807, 2.05) is 43.3 Å². The first kappa shape index (κ1) is 19.4. The van der Waals surface area contributed by atoms with Crippen molar-refractivity contribution in [3.8, 4) is 11.5 Å². The van der Waals surface area contributed by atoms with Gasteiger partial charge in [-0.3, -0.25) is 4.79 Å². The summed E-state index contributed by atoms with van der Waals surface area (Å²) in [6, 6.07) is 14.6. The van der Waals surface area contributed by atoms with Gasteiger partial charge in [0.15, 0.2) is 17.1 Å².